The molecule has 0 saturated carbocycles. The molecular weight excluding hydrogens is 166 g/mol. The van der Waals surface area contributed by atoms with Gasteiger partial charge in [0.1, 0.15) is 0 Å². The monoisotopic (exact) mass is 187 g/mol. The molecule has 0 aromatic heterocycles. The minimum atomic E-state index is 0.569. The zero-order chi connectivity index (χ0) is 9.36. The molecule has 1 N–H and O–H groups in total. The van der Waals surface area contributed by atoms with Crippen LogP contribution >= 0.6 is 0 Å². The Bertz CT molecular complexity index is 111. The van der Waals surface area contributed by atoms with E-state index in [-0.39, 0.29) is 0 Å². The molecule has 3 heteroatoms. The standard InChI is InChI=1S/C10H21NO2/c1-12-7-8-13-9-10-5-3-2-4-6-11-10/h10-11H,2-9H2,1H3. The molecule has 3 nitrogen and oxygen atoms in total. The molecular formula is C10H21NO2. The minimum Gasteiger partial charge on any atom is -0.382 e. The first-order valence-electron chi connectivity index (χ1n) is 5.23. The van der Waals surface area contributed by atoms with Gasteiger partial charge < -0.3 is 14.8 Å². The van der Waals surface area contributed by atoms with E-state index in [1.165, 1.54) is 25.7 Å². The maximum atomic E-state index is 5.48. The van der Waals surface area contributed by atoms with Crippen LogP contribution in [0, 0.1) is 0 Å². The summed E-state index contributed by atoms with van der Waals surface area (Å²) in [4.78, 5) is 0. The van der Waals surface area contributed by atoms with Gasteiger partial charge in [0.15, 0.2) is 0 Å². The fraction of sp³-hybridized carbons (Fsp3) is 1.00. The van der Waals surface area contributed by atoms with Crippen molar-refractivity contribution >= 4 is 0 Å². The third-order valence-corrected chi connectivity index (χ3v) is 2.41. The van der Waals surface area contributed by atoms with Crippen LogP contribution in [0.2, 0.25) is 0 Å². The summed E-state index contributed by atoms with van der Waals surface area (Å²) in [5, 5.41) is 3.49. The SMILES string of the molecule is COCCOCC1CCCCCN1. The predicted molar refractivity (Wildman–Crippen MR) is 53.0 cm³/mol. The highest BCUT2D eigenvalue weighted by Crippen LogP contribution is 2.08. The first kappa shape index (κ1) is 11.0. The van der Waals surface area contributed by atoms with Crippen LogP contribution in [-0.4, -0.2) is 39.5 Å². The fourth-order valence-corrected chi connectivity index (χ4v) is 1.61. The molecule has 1 aliphatic heterocycles. The average Bonchev–Trinajstić information content (AvgIpc) is 2.41. The number of ether oxygens (including phenoxy) is 2. The largest absolute Gasteiger partial charge is 0.382 e. The van der Waals surface area contributed by atoms with Crippen LogP contribution in [0.3, 0.4) is 0 Å². The van der Waals surface area contributed by atoms with Crippen molar-refractivity contribution in [1.82, 2.24) is 5.32 Å². The lowest BCUT2D eigenvalue weighted by molar-refractivity contribution is 0.0582. The van der Waals surface area contributed by atoms with Gasteiger partial charge in [0, 0.05) is 13.2 Å². The molecule has 1 fully saturated rings. The van der Waals surface area contributed by atoms with E-state index in [4.69, 9.17) is 9.47 Å². The molecule has 0 aromatic carbocycles. The molecule has 1 unspecified atom stereocenters. The number of nitrogens with one attached hydrogen (secondary N) is 1. The summed E-state index contributed by atoms with van der Waals surface area (Å²) in [7, 11) is 1.70. The predicted octanol–water partition coefficient (Wildman–Crippen LogP) is 1.18. The maximum absolute atomic E-state index is 5.48. The van der Waals surface area contributed by atoms with Gasteiger partial charge in [-0.2, -0.15) is 0 Å². The van der Waals surface area contributed by atoms with Crippen molar-refractivity contribution in [2.24, 2.45) is 0 Å². The van der Waals surface area contributed by atoms with E-state index < -0.39 is 0 Å². The third-order valence-electron chi connectivity index (χ3n) is 2.41. The average molecular weight is 187 g/mol. The molecule has 0 spiro atoms. The van der Waals surface area contributed by atoms with Crippen LogP contribution in [-0.2, 0) is 9.47 Å². The number of hydrogen-bond acceptors (Lipinski definition) is 3. The van der Waals surface area contributed by atoms with Crippen molar-refractivity contribution in [2.45, 2.75) is 31.7 Å². The highest BCUT2D eigenvalue weighted by atomic mass is 16.5. The normalized spacial score (nSPS) is 24.2. The van der Waals surface area contributed by atoms with E-state index in [0.29, 0.717) is 19.3 Å². The molecule has 0 amide bonds. The molecule has 78 valence electrons. The Hall–Kier alpha value is -0.120. The highest BCUT2D eigenvalue weighted by Gasteiger charge is 2.10. The topological polar surface area (TPSA) is 30.5 Å². The fourth-order valence-electron chi connectivity index (χ4n) is 1.61. The van der Waals surface area contributed by atoms with Crippen molar-refractivity contribution in [1.29, 1.82) is 0 Å². The summed E-state index contributed by atoms with van der Waals surface area (Å²) >= 11 is 0. The third kappa shape index (κ3) is 5.24. The maximum Gasteiger partial charge on any atom is 0.0701 e. The van der Waals surface area contributed by atoms with Gasteiger partial charge >= 0.3 is 0 Å². The van der Waals surface area contributed by atoms with Crippen molar-refractivity contribution in [3.8, 4) is 0 Å². The molecule has 1 saturated heterocycles. The van der Waals surface area contributed by atoms with Crippen LogP contribution in [0.5, 0.6) is 0 Å². The number of hydrogen-bond donors (Lipinski definition) is 1. The minimum absolute atomic E-state index is 0.569. The Morgan fingerprint density at radius 2 is 2.15 bits per heavy atom. The van der Waals surface area contributed by atoms with Gasteiger partial charge in [-0.15, -0.1) is 0 Å². The van der Waals surface area contributed by atoms with Crippen LogP contribution in [0.25, 0.3) is 0 Å². The van der Waals surface area contributed by atoms with Gasteiger partial charge in [-0.05, 0) is 19.4 Å². The van der Waals surface area contributed by atoms with E-state index in [9.17, 15) is 0 Å². The molecule has 1 aliphatic rings. The van der Waals surface area contributed by atoms with Gasteiger partial charge in [-0.25, -0.2) is 0 Å². The molecule has 0 bridgehead atoms. The quantitative estimate of drug-likeness (QED) is 0.656. The van der Waals surface area contributed by atoms with E-state index in [0.717, 1.165) is 13.2 Å². The second-order valence-corrected chi connectivity index (χ2v) is 3.57. The van der Waals surface area contributed by atoms with Crippen LogP contribution in [0.4, 0.5) is 0 Å². The Morgan fingerprint density at radius 1 is 1.23 bits per heavy atom. The summed E-state index contributed by atoms with van der Waals surface area (Å²) in [5.74, 6) is 0. The lowest BCUT2D eigenvalue weighted by Crippen LogP contribution is -2.33. The van der Waals surface area contributed by atoms with Gasteiger partial charge in [0.25, 0.3) is 0 Å². The van der Waals surface area contributed by atoms with Crippen molar-refractivity contribution in [2.75, 3.05) is 33.5 Å². The second-order valence-electron chi connectivity index (χ2n) is 3.57. The first-order valence-corrected chi connectivity index (χ1v) is 5.23. The number of methoxy groups -OCH3 is 1. The summed E-state index contributed by atoms with van der Waals surface area (Å²) in [6.45, 7) is 3.41. The molecule has 0 radical (unpaired) electrons. The van der Waals surface area contributed by atoms with Crippen LogP contribution in [0.15, 0.2) is 0 Å². The Kier molecular flexibility index (Phi) is 6.15. The van der Waals surface area contributed by atoms with Crippen molar-refractivity contribution in [3.05, 3.63) is 0 Å². The van der Waals surface area contributed by atoms with Crippen molar-refractivity contribution < 1.29 is 9.47 Å². The Morgan fingerprint density at radius 3 is 3.00 bits per heavy atom. The highest BCUT2D eigenvalue weighted by molar-refractivity contribution is 4.69. The van der Waals surface area contributed by atoms with Gasteiger partial charge in [-0.1, -0.05) is 12.8 Å². The summed E-state index contributed by atoms with van der Waals surface area (Å²) in [6, 6.07) is 0.569. The molecule has 13 heavy (non-hydrogen) atoms. The first-order chi connectivity index (χ1) is 6.43. The van der Waals surface area contributed by atoms with Gasteiger partial charge in [-0.3, -0.25) is 0 Å². The van der Waals surface area contributed by atoms with Crippen molar-refractivity contribution in [3.63, 3.8) is 0 Å². The van der Waals surface area contributed by atoms with Crippen LogP contribution < -0.4 is 5.32 Å². The smallest absolute Gasteiger partial charge is 0.0701 e. The zero-order valence-corrected chi connectivity index (χ0v) is 8.55. The second kappa shape index (κ2) is 7.30. The Labute approximate surface area is 80.8 Å². The molecule has 1 atom stereocenters. The molecule has 1 rings (SSSR count). The zero-order valence-electron chi connectivity index (χ0n) is 8.55. The van der Waals surface area contributed by atoms with E-state index in [1.807, 2.05) is 0 Å². The van der Waals surface area contributed by atoms with Gasteiger partial charge in [0.2, 0.25) is 0 Å². The molecule has 0 aliphatic carbocycles. The van der Waals surface area contributed by atoms with Crippen LogP contribution in [0.1, 0.15) is 25.7 Å². The molecule has 0 aromatic rings. The summed E-state index contributed by atoms with van der Waals surface area (Å²) in [5.41, 5.74) is 0. The summed E-state index contributed by atoms with van der Waals surface area (Å²) < 4.78 is 10.4. The Balaban J connectivity index is 1.98. The summed E-state index contributed by atoms with van der Waals surface area (Å²) in [6.07, 6.45) is 5.27. The van der Waals surface area contributed by atoms with E-state index in [1.54, 1.807) is 7.11 Å². The van der Waals surface area contributed by atoms with Gasteiger partial charge in [0.05, 0.1) is 19.8 Å². The number of rotatable bonds is 5. The van der Waals surface area contributed by atoms with E-state index in [2.05, 4.69) is 5.32 Å². The lowest BCUT2D eigenvalue weighted by atomic mass is 10.1. The lowest BCUT2D eigenvalue weighted by Gasteiger charge is -2.15. The van der Waals surface area contributed by atoms with E-state index >= 15 is 0 Å². The molecule has 1 heterocycles.